The van der Waals surface area contributed by atoms with Gasteiger partial charge in [-0.3, -0.25) is 4.39 Å². The first-order chi connectivity index (χ1) is 19.2. The van der Waals surface area contributed by atoms with E-state index in [-0.39, 0.29) is 18.6 Å². The van der Waals surface area contributed by atoms with E-state index in [0.29, 0.717) is 22.0 Å². The fourth-order valence-electron chi connectivity index (χ4n) is 5.97. The molecule has 1 aliphatic carbocycles. The summed E-state index contributed by atoms with van der Waals surface area (Å²) in [4.78, 5) is 14.5. The highest BCUT2D eigenvalue weighted by atomic mass is 35.5. The van der Waals surface area contributed by atoms with Gasteiger partial charge in [0.25, 0.3) is 0 Å². The number of halogens is 3. The number of fused-ring (bicyclic) bond motifs is 1. The van der Waals surface area contributed by atoms with Crippen molar-refractivity contribution in [2.45, 2.75) is 38.2 Å². The summed E-state index contributed by atoms with van der Waals surface area (Å²) in [6, 6.07) is 19.5. The second-order valence-corrected chi connectivity index (χ2v) is 11.8. The van der Waals surface area contributed by atoms with Crippen molar-refractivity contribution < 1.29 is 19.0 Å². The number of rotatable bonds is 8. The van der Waals surface area contributed by atoms with Crippen molar-refractivity contribution in [3.63, 3.8) is 0 Å². The fourth-order valence-corrected chi connectivity index (χ4v) is 6.49. The number of esters is 1. The number of aryl methyl sites for hydroxylation is 1. The lowest BCUT2D eigenvalue weighted by Gasteiger charge is -2.47. The molecule has 7 heteroatoms. The van der Waals surface area contributed by atoms with Crippen LogP contribution >= 0.6 is 23.2 Å². The highest BCUT2D eigenvalue weighted by Crippen LogP contribution is 2.43. The Morgan fingerprint density at radius 2 is 1.77 bits per heavy atom. The third-order valence-electron chi connectivity index (χ3n) is 8.34. The summed E-state index contributed by atoms with van der Waals surface area (Å²) in [5, 5.41) is 12.6. The van der Waals surface area contributed by atoms with E-state index < -0.39 is 5.60 Å². The lowest BCUT2D eigenvalue weighted by molar-refractivity contribution is -0.0796. The zero-order valence-corrected chi connectivity index (χ0v) is 24.4. The molecule has 0 aromatic heterocycles. The predicted octanol–water partition coefficient (Wildman–Crippen LogP) is 7.57. The van der Waals surface area contributed by atoms with Crippen LogP contribution in [0.25, 0.3) is 11.1 Å². The van der Waals surface area contributed by atoms with Crippen LogP contribution in [0.3, 0.4) is 0 Å². The number of nitrogens with zero attached hydrogens (tertiary/aromatic N) is 1. The maximum Gasteiger partial charge on any atom is 0.337 e. The lowest BCUT2D eigenvalue weighted by Crippen LogP contribution is -2.55. The van der Waals surface area contributed by atoms with Crippen LogP contribution in [0, 0.1) is 5.92 Å². The molecule has 1 saturated heterocycles. The Bertz CT molecular complexity index is 1430. The number of alkyl halides is 1. The van der Waals surface area contributed by atoms with Crippen molar-refractivity contribution in [1.29, 1.82) is 0 Å². The van der Waals surface area contributed by atoms with Crippen molar-refractivity contribution in [1.82, 2.24) is 4.90 Å². The number of hydrogen-bond donors (Lipinski definition) is 1. The summed E-state index contributed by atoms with van der Waals surface area (Å²) in [5.74, 6) is -0.264. The van der Waals surface area contributed by atoms with E-state index in [1.807, 2.05) is 49.4 Å². The molecule has 0 saturated carbocycles. The van der Waals surface area contributed by atoms with Crippen LogP contribution < -0.4 is 0 Å². The van der Waals surface area contributed by atoms with Gasteiger partial charge in [0.15, 0.2) is 0 Å². The number of allylic oxidation sites excluding steroid dienone is 1. The van der Waals surface area contributed by atoms with E-state index in [1.165, 1.54) is 7.11 Å². The topological polar surface area (TPSA) is 49.8 Å². The molecule has 210 valence electrons. The molecule has 1 N–H and O–H groups in total. The van der Waals surface area contributed by atoms with Gasteiger partial charge in [0.05, 0.1) is 24.9 Å². The van der Waals surface area contributed by atoms with Crippen LogP contribution in [-0.2, 0) is 16.8 Å². The van der Waals surface area contributed by atoms with Crippen LogP contribution in [-0.4, -0.2) is 49.4 Å². The minimum absolute atomic E-state index is 0.0935. The quantitative estimate of drug-likeness (QED) is 0.279. The van der Waals surface area contributed by atoms with Gasteiger partial charge in [-0.05, 0) is 95.8 Å². The summed E-state index contributed by atoms with van der Waals surface area (Å²) >= 11 is 13.0. The Kier molecular flexibility index (Phi) is 8.67. The molecule has 0 amide bonds. The fraction of sp³-hybridized carbons (Fsp3) is 0.364. The Hall–Kier alpha value is -2.70. The summed E-state index contributed by atoms with van der Waals surface area (Å²) in [5.41, 5.74) is 6.64. The minimum Gasteiger partial charge on any atom is -0.465 e. The van der Waals surface area contributed by atoms with Crippen molar-refractivity contribution in [3.8, 4) is 0 Å². The molecule has 3 aromatic rings. The normalized spacial score (nSPS) is 17.6. The molecule has 1 aliphatic heterocycles. The van der Waals surface area contributed by atoms with Crippen LogP contribution in [0.15, 0.2) is 60.7 Å². The van der Waals surface area contributed by atoms with Gasteiger partial charge in [-0.2, -0.15) is 0 Å². The van der Waals surface area contributed by atoms with Crippen molar-refractivity contribution in [2.75, 3.05) is 33.4 Å². The molecule has 40 heavy (non-hydrogen) atoms. The zero-order valence-electron chi connectivity index (χ0n) is 22.9. The minimum atomic E-state index is -0.988. The molecule has 1 unspecified atom stereocenters. The zero-order chi connectivity index (χ0) is 28.4. The molecule has 3 aromatic carbocycles. The number of methoxy groups -OCH3 is 1. The standard InChI is InChI=1S/C33H34Cl2FNO3/c1-33(39,25-19-37(20-25)16-4-15-36)24-10-7-21(8-11-24)31-27-13-9-23(32(38)40-2)17-22(27)5-3-6-29(31)28-14-12-26(34)18-30(28)35/h7-14,17-18,25,39H,3-6,15-16,19-20H2,1-2H3. The summed E-state index contributed by atoms with van der Waals surface area (Å²) < 4.78 is 17.5. The maximum absolute atomic E-state index is 12.6. The third kappa shape index (κ3) is 5.71. The summed E-state index contributed by atoms with van der Waals surface area (Å²) in [7, 11) is 1.39. The Morgan fingerprint density at radius 1 is 1.05 bits per heavy atom. The second-order valence-electron chi connectivity index (χ2n) is 10.9. The molecule has 0 radical (unpaired) electrons. The molecule has 5 rings (SSSR count). The van der Waals surface area contributed by atoms with E-state index in [1.54, 1.807) is 6.07 Å². The molecule has 1 atom stereocenters. The monoisotopic (exact) mass is 581 g/mol. The Labute approximate surface area is 245 Å². The molecule has 4 nitrogen and oxygen atoms in total. The van der Waals surface area contributed by atoms with Gasteiger partial charge < -0.3 is 14.7 Å². The number of likely N-dealkylation sites (tertiary alicyclic amines) is 1. The second kappa shape index (κ2) is 12.0. The molecule has 0 bridgehead atoms. The molecular weight excluding hydrogens is 548 g/mol. The lowest BCUT2D eigenvalue weighted by atomic mass is 9.77. The maximum atomic E-state index is 12.6. The van der Waals surface area contributed by atoms with Gasteiger partial charge in [-0.25, -0.2) is 4.79 Å². The molecule has 1 fully saturated rings. The first kappa shape index (κ1) is 28.8. The Balaban J connectivity index is 1.56. The van der Waals surface area contributed by atoms with E-state index in [0.717, 1.165) is 77.9 Å². The average molecular weight is 583 g/mol. The average Bonchev–Trinajstić information content (AvgIpc) is 3.11. The summed E-state index contributed by atoms with van der Waals surface area (Å²) in [6.07, 6.45) is 3.03. The first-order valence-corrected chi connectivity index (χ1v) is 14.5. The van der Waals surface area contributed by atoms with E-state index in [9.17, 15) is 14.3 Å². The first-order valence-electron chi connectivity index (χ1n) is 13.7. The molecular formula is C33H34Cl2FNO3. The largest absolute Gasteiger partial charge is 0.465 e. The van der Waals surface area contributed by atoms with E-state index >= 15 is 0 Å². The van der Waals surface area contributed by atoms with Gasteiger partial charge in [0, 0.05) is 35.6 Å². The van der Waals surface area contributed by atoms with Crippen LogP contribution in [0.5, 0.6) is 0 Å². The molecule has 1 heterocycles. The predicted molar refractivity (Wildman–Crippen MR) is 160 cm³/mol. The number of carbonyl (C=O) groups excluding carboxylic acids is 1. The Morgan fingerprint density at radius 3 is 2.45 bits per heavy atom. The van der Waals surface area contributed by atoms with Gasteiger partial charge in [0.1, 0.15) is 0 Å². The number of benzene rings is 3. The molecule has 0 spiro atoms. The van der Waals surface area contributed by atoms with Crippen molar-refractivity contribution in [2.24, 2.45) is 5.92 Å². The van der Waals surface area contributed by atoms with Gasteiger partial charge in [0.2, 0.25) is 0 Å². The third-order valence-corrected chi connectivity index (χ3v) is 8.89. The van der Waals surface area contributed by atoms with E-state index in [4.69, 9.17) is 27.9 Å². The molecule has 2 aliphatic rings. The number of aliphatic hydroxyl groups is 1. The highest BCUT2D eigenvalue weighted by molar-refractivity contribution is 6.36. The van der Waals surface area contributed by atoms with Crippen molar-refractivity contribution in [3.05, 3.63) is 104 Å². The van der Waals surface area contributed by atoms with Gasteiger partial charge >= 0.3 is 5.97 Å². The van der Waals surface area contributed by atoms with E-state index in [2.05, 4.69) is 17.0 Å². The van der Waals surface area contributed by atoms with Gasteiger partial charge in [-0.15, -0.1) is 0 Å². The number of carbonyl (C=O) groups is 1. The number of ether oxygens (including phenoxy) is 1. The van der Waals surface area contributed by atoms with Gasteiger partial charge in [-0.1, -0.05) is 59.6 Å². The highest BCUT2D eigenvalue weighted by Gasteiger charge is 2.41. The van der Waals surface area contributed by atoms with Crippen molar-refractivity contribution >= 4 is 40.3 Å². The SMILES string of the molecule is COC(=O)c1ccc2c(c1)CCCC(c1ccc(Cl)cc1Cl)=C2c1ccc(C(C)(O)C2CN(CCCF)C2)cc1. The number of hydrogen-bond acceptors (Lipinski definition) is 4. The van der Waals surface area contributed by atoms with Crippen LogP contribution in [0.2, 0.25) is 10.0 Å². The smallest absolute Gasteiger partial charge is 0.337 e. The summed E-state index contributed by atoms with van der Waals surface area (Å²) in [6.45, 7) is 3.80. The van der Waals surface area contributed by atoms with Crippen LogP contribution in [0.4, 0.5) is 4.39 Å². The van der Waals surface area contributed by atoms with Crippen LogP contribution in [0.1, 0.15) is 64.4 Å².